The third kappa shape index (κ3) is 2.76. The van der Waals surface area contributed by atoms with Crippen molar-refractivity contribution in [3.63, 3.8) is 0 Å². The molecule has 0 bridgehead atoms. The second kappa shape index (κ2) is 4.88. The number of nitrogens with zero attached hydrogens (tertiary/aromatic N) is 1. The number of likely N-dealkylation sites (N-methyl/N-ethyl adjacent to an activating group) is 1. The molecule has 0 amide bonds. The molecule has 2 heteroatoms. The molecule has 1 unspecified atom stereocenters. The molecule has 0 saturated heterocycles. The molecule has 1 N–H and O–H groups in total. The molecule has 1 aliphatic carbocycles. The zero-order chi connectivity index (χ0) is 11.5. The molecular formula is C14H21NO. The van der Waals surface area contributed by atoms with Crippen LogP contribution in [0.15, 0.2) is 24.3 Å². The van der Waals surface area contributed by atoms with Crippen LogP contribution in [0, 0.1) is 5.92 Å². The Labute approximate surface area is 97.9 Å². The lowest BCUT2D eigenvalue weighted by atomic mass is 10.1. The average molecular weight is 219 g/mol. The quantitative estimate of drug-likeness (QED) is 0.822. The highest BCUT2D eigenvalue weighted by Crippen LogP contribution is 2.33. The van der Waals surface area contributed by atoms with Crippen molar-refractivity contribution in [2.45, 2.75) is 32.3 Å². The number of aliphatic hydroxyl groups is 1. The van der Waals surface area contributed by atoms with Gasteiger partial charge < -0.3 is 10.0 Å². The molecule has 0 radical (unpaired) electrons. The van der Waals surface area contributed by atoms with E-state index in [2.05, 4.69) is 36.1 Å². The van der Waals surface area contributed by atoms with Crippen LogP contribution in [0.2, 0.25) is 0 Å². The van der Waals surface area contributed by atoms with Crippen molar-refractivity contribution in [3.05, 3.63) is 29.8 Å². The summed E-state index contributed by atoms with van der Waals surface area (Å²) in [6.45, 7) is 2.91. The number of hydrogen-bond donors (Lipinski definition) is 1. The van der Waals surface area contributed by atoms with Gasteiger partial charge in [0.05, 0.1) is 6.10 Å². The van der Waals surface area contributed by atoms with Crippen LogP contribution >= 0.6 is 0 Å². The molecule has 2 rings (SSSR count). The van der Waals surface area contributed by atoms with Gasteiger partial charge in [-0.05, 0) is 42.9 Å². The molecule has 1 fully saturated rings. The van der Waals surface area contributed by atoms with Crippen LogP contribution in [0.25, 0.3) is 0 Å². The van der Waals surface area contributed by atoms with Crippen LogP contribution in [0.1, 0.15) is 25.3 Å². The standard InChI is InChI=1S/C14H21NO/c1-3-11-4-8-13(9-5-11)15(2)10-14(16)12-6-7-12/h4-5,8-9,12,14,16H,3,6-7,10H2,1-2H3. The lowest BCUT2D eigenvalue weighted by molar-refractivity contribution is 0.158. The molecule has 1 saturated carbocycles. The molecule has 0 aliphatic heterocycles. The maximum atomic E-state index is 9.88. The fourth-order valence-corrected chi connectivity index (χ4v) is 2.00. The lowest BCUT2D eigenvalue weighted by Crippen LogP contribution is -2.30. The van der Waals surface area contributed by atoms with Crippen LogP contribution < -0.4 is 4.90 Å². The first-order valence-corrected chi connectivity index (χ1v) is 6.19. The van der Waals surface area contributed by atoms with Crippen molar-refractivity contribution in [1.82, 2.24) is 0 Å². The van der Waals surface area contributed by atoms with E-state index in [0.717, 1.165) is 13.0 Å². The molecule has 1 aromatic carbocycles. The zero-order valence-electron chi connectivity index (χ0n) is 10.2. The Balaban J connectivity index is 1.93. The van der Waals surface area contributed by atoms with Gasteiger partial charge in [0.25, 0.3) is 0 Å². The first kappa shape index (κ1) is 11.5. The monoisotopic (exact) mass is 219 g/mol. The fourth-order valence-electron chi connectivity index (χ4n) is 2.00. The highest BCUT2D eigenvalue weighted by atomic mass is 16.3. The van der Waals surface area contributed by atoms with Crippen LogP contribution in [0.3, 0.4) is 0 Å². The van der Waals surface area contributed by atoms with Gasteiger partial charge in [0.2, 0.25) is 0 Å². The minimum absolute atomic E-state index is 0.157. The van der Waals surface area contributed by atoms with Crippen molar-refractivity contribution in [2.75, 3.05) is 18.5 Å². The summed E-state index contributed by atoms with van der Waals surface area (Å²) in [4.78, 5) is 2.14. The number of aliphatic hydroxyl groups excluding tert-OH is 1. The highest BCUT2D eigenvalue weighted by Gasteiger charge is 2.30. The van der Waals surface area contributed by atoms with Crippen LogP contribution in [0.4, 0.5) is 5.69 Å². The summed E-state index contributed by atoms with van der Waals surface area (Å²) in [6, 6.07) is 8.60. The Hall–Kier alpha value is -1.02. The average Bonchev–Trinajstić information content (AvgIpc) is 3.13. The molecule has 0 aromatic heterocycles. The van der Waals surface area contributed by atoms with E-state index in [4.69, 9.17) is 0 Å². The zero-order valence-corrected chi connectivity index (χ0v) is 10.2. The first-order valence-electron chi connectivity index (χ1n) is 6.19. The predicted octanol–water partition coefficient (Wildman–Crippen LogP) is 2.46. The van der Waals surface area contributed by atoms with E-state index in [1.807, 2.05) is 7.05 Å². The summed E-state index contributed by atoms with van der Waals surface area (Å²) in [7, 11) is 2.05. The van der Waals surface area contributed by atoms with E-state index in [9.17, 15) is 5.11 Å². The molecule has 0 heterocycles. The molecule has 1 aliphatic rings. The molecular weight excluding hydrogens is 198 g/mol. The summed E-state index contributed by atoms with van der Waals surface area (Å²) in [6.07, 6.45) is 3.32. The van der Waals surface area contributed by atoms with Crippen LogP contribution in [-0.2, 0) is 6.42 Å². The fraction of sp³-hybridized carbons (Fsp3) is 0.571. The number of aryl methyl sites for hydroxylation is 1. The van der Waals surface area contributed by atoms with Gasteiger partial charge in [-0.25, -0.2) is 0 Å². The van der Waals surface area contributed by atoms with Gasteiger partial charge in [0.15, 0.2) is 0 Å². The van der Waals surface area contributed by atoms with Crippen molar-refractivity contribution in [2.24, 2.45) is 5.92 Å². The summed E-state index contributed by atoms with van der Waals surface area (Å²) in [5, 5.41) is 9.88. The maximum Gasteiger partial charge on any atom is 0.0743 e. The number of anilines is 1. The first-order chi connectivity index (χ1) is 7.70. The minimum atomic E-state index is -0.157. The molecule has 0 spiro atoms. The minimum Gasteiger partial charge on any atom is -0.391 e. The smallest absolute Gasteiger partial charge is 0.0743 e. The van der Waals surface area contributed by atoms with E-state index < -0.39 is 0 Å². The van der Waals surface area contributed by atoms with Crippen molar-refractivity contribution >= 4 is 5.69 Å². The second-order valence-corrected chi connectivity index (χ2v) is 4.81. The van der Waals surface area contributed by atoms with Crippen LogP contribution in [0.5, 0.6) is 0 Å². The molecule has 2 nitrogen and oxygen atoms in total. The van der Waals surface area contributed by atoms with Crippen molar-refractivity contribution < 1.29 is 5.11 Å². The summed E-state index contributed by atoms with van der Waals surface area (Å²) in [5.74, 6) is 0.553. The normalized spacial score (nSPS) is 17.2. The summed E-state index contributed by atoms with van der Waals surface area (Å²) < 4.78 is 0. The van der Waals surface area contributed by atoms with Gasteiger partial charge in [0, 0.05) is 19.3 Å². The molecule has 88 valence electrons. The van der Waals surface area contributed by atoms with Gasteiger partial charge in [-0.3, -0.25) is 0 Å². The van der Waals surface area contributed by atoms with E-state index in [-0.39, 0.29) is 6.10 Å². The molecule has 1 aromatic rings. The molecule has 1 atom stereocenters. The van der Waals surface area contributed by atoms with E-state index >= 15 is 0 Å². The number of hydrogen-bond acceptors (Lipinski definition) is 2. The Kier molecular flexibility index (Phi) is 3.49. The van der Waals surface area contributed by atoms with Gasteiger partial charge in [-0.2, -0.15) is 0 Å². The van der Waals surface area contributed by atoms with Crippen LogP contribution in [-0.4, -0.2) is 24.8 Å². The van der Waals surface area contributed by atoms with E-state index in [0.29, 0.717) is 5.92 Å². The SMILES string of the molecule is CCc1ccc(N(C)CC(O)C2CC2)cc1. The van der Waals surface area contributed by atoms with E-state index in [1.54, 1.807) is 0 Å². The number of benzene rings is 1. The van der Waals surface area contributed by atoms with Gasteiger partial charge in [-0.15, -0.1) is 0 Å². The largest absolute Gasteiger partial charge is 0.391 e. The predicted molar refractivity (Wildman–Crippen MR) is 67.8 cm³/mol. The Morgan fingerprint density at radius 2 is 1.94 bits per heavy atom. The summed E-state index contributed by atoms with van der Waals surface area (Å²) >= 11 is 0. The van der Waals surface area contributed by atoms with Crippen molar-refractivity contribution in [3.8, 4) is 0 Å². The number of rotatable bonds is 5. The lowest BCUT2D eigenvalue weighted by Gasteiger charge is -2.22. The third-order valence-electron chi connectivity index (χ3n) is 3.41. The Morgan fingerprint density at radius 1 is 1.31 bits per heavy atom. The molecule has 16 heavy (non-hydrogen) atoms. The van der Waals surface area contributed by atoms with Gasteiger partial charge in [-0.1, -0.05) is 19.1 Å². The third-order valence-corrected chi connectivity index (χ3v) is 3.41. The highest BCUT2D eigenvalue weighted by molar-refractivity contribution is 5.47. The van der Waals surface area contributed by atoms with Gasteiger partial charge in [0.1, 0.15) is 0 Å². The van der Waals surface area contributed by atoms with Gasteiger partial charge >= 0.3 is 0 Å². The second-order valence-electron chi connectivity index (χ2n) is 4.81. The Morgan fingerprint density at radius 3 is 2.44 bits per heavy atom. The van der Waals surface area contributed by atoms with Crippen molar-refractivity contribution in [1.29, 1.82) is 0 Å². The maximum absolute atomic E-state index is 9.88. The van der Waals surface area contributed by atoms with E-state index in [1.165, 1.54) is 24.1 Å². The summed E-state index contributed by atoms with van der Waals surface area (Å²) in [5.41, 5.74) is 2.55. The topological polar surface area (TPSA) is 23.5 Å². The Bertz CT molecular complexity index is 329.